The number of piperidine rings is 1. The number of carbonyl (C=O) groups excluding carboxylic acids is 1. The number of carbonyl (C=O) groups is 1. The number of benzene rings is 1. The molecular weight excluding hydrogens is 461 g/mol. The molecule has 0 spiro atoms. The van der Waals surface area contributed by atoms with Crippen molar-refractivity contribution in [1.29, 1.82) is 0 Å². The van der Waals surface area contributed by atoms with Crippen molar-refractivity contribution in [2.45, 2.75) is 31.0 Å². The number of aliphatic hydroxyl groups is 1. The van der Waals surface area contributed by atoms with E-state index in [1.807, 2.05) is 16.7 Å². The van der Waals surface area contributed by atoms with Crippen molar-refractivity contribution in [3.05, 3.63) is 41.5 Å². The number of rotatable bonds is 5. The lowest BCUT2D eigenvalue weighted by atomic mass is 9.84. The molecule has 2 fully saturated rings. The van der Waals surface area contributed by atoms with Crippen LogP contribution in [0.4, 0.5) is 18.0 Å². The van der Waals surface area contributed by atoms with Crippen LogP contribution in [-0.4, -0.2) is 81.7 Å². The van der Waals surface area contributed by atoms with Crippen molar-refractivity contribution < 1.29 is 32.3 Å². The SMILES string of the molecule is O=C(N1CCSCC1)N1CC(c2ccc(OC(F)(F)F)cc2)CC(c2nc(CCO)no2)C1. The maximum Gasteiger partial charge on any atom is 0.573 e. The Morgan fingerprint density at radius 2 is 1.85 bits per heavy atom. The minimum atomic E-state index is -4.75. The van der Waals surface area contributed by atoms with E-state index in [1.165, 1.54) is 12.1 Å². The van der Waals surface area contributed by atoms with Gasteiger partial charge in [-0.1, -0.05) is 17.3 Å². The molecule has 3 heterocycles. The van der Waals surface area contributed by atoms with Gasteiger partial charge in [0.2, 0.25) is 5.89 Å². The number of likely N-dealkylation sites (tertiary alicyclic amines) is 1. The van der Waals surface area contributed by atoms with Crippen molar-refractivity contribution in [3.8, 4) is 5.75 Å². The Labute approximate surface area is 193 Å². The third-order valence-electron chi connectivity index (χ3n) is 5.76. The van der Waals surface area contributed by atoms with Crippen LogP contribution in [0.25, 0.3) is 0 Å². The fourth-order valence-electron chi connectivity index (χ4n) is 4.21. The molecule has 0 radical (unpaired) electrons. The maximum absolute atomic E-state index is 13.2. The van der Waals surface area contributed by atoms with E-state index < -0.39 is 6.36 Å². The van der Waals surface area contributed by atoms with E-state index in [9.17, 15) is 18.0 Å². The molecule has 180 valence electrons. The molecule has 1 N–H and O–H groups in total. The van der Waals surface area contributed by atoms with Gasteiger partial charge in [-0.25, -0.2) is 4.79 Å². The molecule has 2 atom stereocenters. The first-order chi connectivity index (χ1) is 15.8. The number of aliphatic hydroxyl groups excluding tert-OH is 1. The van der Waals surface area contributed by atoms with Gasteiger partial charge < -0.3 is 24.2 Å². The van der Waals surface area contributed by atoms with Gasteiger partial charge in [-0.15, -0.1) is 13.2 Å². The Morgan fingerprint density at radius 1 is 1.15 bits per heavy atom. The zero-order valence-corrected chi connectivity index (χ0v) is 18.6. The van der Waals surface area contributed by atoms with Gasteiger partial charge in [-0.3, -0.25) is 0 Å². The first-order valence-corrected chi connectivity index (χ1v) is 11.9. The highest BCUT2D eigenvalue weighted by molar-refractivity contribution is 7.99. The third kappa shape index (κ3) is 6.11. The van der Waals surface area contributed by atoms with Gasteiger partial charge >= 0.3 is 12.4 Å². The van der Waals surface area contributed by atoms with E-state index in [2.05, 4.69) is 14.9 Å². The topological polar surface area (TPSA) is 91.9 Å². The highest BCUT2D eigenvalue weighted by Crippen LogP contribution is 2.37. The Kier molecular flexibility index (Phi) is 7.32. The van der Waals surface area contributed by atoms with Gasteiger partial charge in [0.1, 0.15) is 5.75 Å². The van der Waals surface area contributed by atoms with Crippen LogP contribution >= 0.6 is 11.8 Å². The van der Waals surface area contributed by atoms with Gasteiger partial charge in [0.25, 0.3) is 0 Å². The molecule has 2 aliphatic rings. The fourth-order valence-corrected chi connectivity index (χ4v) is 5.11. The first-order valence-electron chi connectivity index (χ1n) is 10.7. The molecule has 2 unspecified atom stereocenters. The van der Waals surface area contributed by atoms with Crippen molar-refractivity contribution in [1.82, 2.24) is 19.9 Å². The number of hydrogen-bond donors (Lipinski definition) is 1. The van der Waals surface area contributed by atoms with Gasteiger partial charge in [-0.2, -0.15) is 16.7 Å². The molecule has 2 saturated heterocycles. The van der Waals surface area contributed by atoms with E-state index in [0.717, 1.165) is 17.1 Å². The molecule has 12 heteroatoms. The Bertz CT molecular complexity index is 934. The van der Waals surface area contributed by atoms with E-state index in [0.29, 0.717) is 44.3 Å². The third-order valence-corrected chi connectivity index (χ3v) is 6.70. The zero-order chi connectivity index (χ0) is 23.4. The van der Waals surface area contributed by atoms with Crippen LogP contribution in [0.5, 0.6) is 5.75 Å². The van der Waals surface area contributed by atoms with E-state index in [4.69, 9.17) is 9.63 Å². The van der Waals surface area contributed by atoms with Crippen LogP contribution < -0.4 is 4.74 Å². The van der Waals surface area contributed by atoms with Gasteiger partial charge in [0.05, 0.1) is 12.5 Å². The van der Waals surface area contributed by atoms with Crippen LogP contribution in [0, 0.1) is 0 Å². The largest absolute Gasteiger partial charge is 0.573 e. The molecular formula is C21H25F3N4O4S. The molecule has 4 rings (SSSR count). The minimum Gasteiger partial charge on any atom is -0.406 e. The molecule has 2 aliphatic heterocycles. The van der Waals surface area contributed by atoms with Crippen molar-refractivity contribution in [2.24, 2.45) is 0 Å². The van der Waals surface area contributed by atoms with Crippen LogP contribution in [0.3, 0.4) is 0 Å². The molecule has 8 nitrogen and oxygen atoms in total. The normalized spacial score (nSPS) is 21.8. The maximum atomic E-state index is 13.2. The van der Waals surface area contributed by atoms with Crippen LogP contribution in [0.2, 0.25) is 0 Å². The summed E-state index contributed by atoms with van der Waals surface area (Å²) in [5, 5.41) is 13.0. The Hall–Kier alpha value is -2.47. The highest BCUT2D eigenvalue weighted by atomic mass is 32.2. The molecule has 1 aromatic carbocycles. The number of amides is 2. The lowest BCUT2D eigenvalue weighted by molar-refractivity contribution is -0.274. The Morgan fingerprint density at radius 3 is 2.52 bits per heavy atom. The molecule has 0 saturated carbocycles. The number of halogens is 3. The summed E-state index contributed by atoms with van der Waals surface area (Å²) in [6.45, 7) is 2.11. The van der Waals surface area contributed by atoms with Crippen LogP contribution in [0.15, 0.2) is 28.8 Å². The molecule has 1 aromatic heterocycles. The monoisotopic (exact) mass is 486 g/mol. The zero-order valence-electron chi connectivity index (χ0n) is 17.8. The van der Waals surface area contributed by atoms with Crippen molar-refractivity contribution >= 4 is 17.8 Å². The van der Waals surface area contributed by atoms with Crippen molar-refractivity contribution in [2.75, 3.05) is 44.3 Å². The number of hydrogen-bond acceptors (Lipinski definition) is 7. The lowest BCUT2D eigenvalue weighted by Gasteiger charge is -2.40. The van der Waals surface area contributed by atoms with Crippen molar-refractivity contribution in [3.63, 3.8) is 0 Å². The second kappa shape index (κ2) is 10.2. The number of thioether (sulfide) groups is 1. The summed E-state index contributed by atoms with van der Waals surface area (Å²) in [5.41, 5.74) is 0.802. The standard InChI is InChI=1S/C21H25F3N4O4S/c22-21(23,24)31-17-3-1-14(2-4-17)15-11-16(19-25-18(5-8-29)26-32-19)13-28(12-15)20(30)27-6-9-33-10-7-27/h1-4,15-16,29H,5-13H2. The highest BCUT2D eigenvalue weighted by Gasteiger charge is 2.37. The summed E-state index contributed by atoms with van der Waals surface area (Å²) >= 11 is 1.81. The number of ether oxygens (including phenoxy) is 1. The molecule has 33 heavy (non-hydrogen) atoms. The molecule has 2 aromatic rings. The predicted octanol–water partition coefficient (Wildman–Crippen LogP) is 3.24. The fraction of sp³-hybridized carbons (Fsp3) is 0.571. The summed E-state index contributed by atoms with van der Waals surface area (Å²) in [4.78, 5) is 21.2. The quantitative estimate of drug-likeness (QED) is 0.694. The van der Waals surface area contributed by atoms with E-state index in [1.54, 1.807) is 17.0 Å². The van der Waals surface area contributed by atoms with Crippen LogP contribution in [-0.2, 0) is 6.42 Å². The second-order valence-corrected chi connectivity index (χ2v) is 9.28. The summed E-state index contributed by atoms with van der Waals surface area (Å²) < 4.78 is 46.9. The predicted molar refractivity (Wildman–Crippen MR) is 114 cm³/mol. The molecule has 0 bridgehead atoms. The molecule has 2 amide bonds. The van der Waals surface area contributed by atoms with E-state index in [-0.39, 0.29) is 36.6 Å². The summed E-state index contributed by atoms with van der Waals surface area (Å²) in [7, 11) is 0. The number of aromatic nitrogens is 2. The van der Waals surface area contributed by atoms with Gasteiger partial charge in [-0.05, 0) is 24.1 Å². The first kappa shape index (κ1) is 23.7. The lowest BCUT2D eigenvalue weighted by Crippen LogP contribution is -2.51. The number of nitrogens with zero attached hydrogens (tertiary/aromatic N) is 4. The number of urea groups is 1. The number of alkyl halides is 3. The Balaban J connectivity index is 1.55. The summed E-state index contributed by atoms with van der Waals surface area (Å²) in [5.74, 6) is 1.94. The van der Waals surface area contributed by atoms with Crippen LogP contribution in [0.1, 0.15) is 35.5 Å². The minimum absolute atomic E-state index is 0.0582. The van der Waals surface area contributed by atoms with Gasteiger partial charge in [0, 0.05) is 50.0 Å². The summed E-state index contributed by atoms with van der Waals surface area (Å²) in [6.07, 6.45) is -3.88. The average molecular weight is 487 g/mol. The summed E-state index contributed by atoms with van der Waals surface area (Å²) in [6, 6.07) is 5.70. The van der Waals surface area contributed by atoms with Gasteiger partial charge in [0.15, 0.2) is 5.82 Å². The average Bonchev–Trinajstić information content (AvgIpc) is 3.27. The van der Waals surface area contributed by atoms with E-state index >= 15 is 0 Å². The molecule has 0 aliphatic carbocycles. The smallest absolute Gasteiger partial charge is 0.406 e. The second-order valence-electron chi connectivity index (χ2n) is 8.06.